The number of carbonyl (C=O) groups is 2. The van der Waals surface area contributed by atoms with E-state index in [1.165, 1.54) is 4.57 Å². The van der Waals surface area contributed by atoms with E-state index in [4.69, 9.17) is 16.6 Å². The first-order valence-corrected chi connectivity index (χ1v) is 4.69. The second-order valence-electron chi connectivity index (χ2n) is 3.44. The molecular formula is C9H14N4O3. The number of carboxylic acid groups (broad SMARTS) is 1. The molecule has 1 aromatic heterocycles. The number of hydrogen-bond acceptors (Lipinski definition) is 5. The standard InChI is InChI=1S/C9H14N4O3/c1-13-4-5(2-6(11)9(15)16)12-8(13)7(14)3-10/h4,6H,2-3,10-11H2,1H3,(H,15,16). The Kier molecular flexibility index (Phi) is 3.75. The SMILES string of the molecule is Cn1cc(CC(N)C(=O)O)nc1C(=O)CN. The molecule has 1 aromatic rings. The second-order valence-corrected chi connectivity index (χ2v) is 3.44. The van der Waals surface area contributed by atoms with Gasteiger partial charge in [0.25, 0.3) is 0 Å². The summed E-state index contributed by atoms with van der Waals surface area (Å²) in [4.78, 5) is 25.8. The van der Waals surface area contributed by atoms with Crippen molar-refractivity contribution in [3.05, 3.63) is 17.7 Å². The highest BCUT2D eigenvalue weighted by atomic mass is 16.4. The molecule has 0 aliphatic heterocycles. The number of aromatic nitrogens is 2. The van der Waals surface area contributed by atoms with Gasteiger partial charge in [0.05, 0.1) is 12.2 Å². The molecule has 1 unspecified atom stereocenters. The van der Waals surface area contributed by atoms with Gasteiger partial charge >= 0.3 is 5.97 Å². The Balaban J connectivity index is 2.85. The summed E-state index contributed by atoms with van der Waals surface area (Å²) in [6.07, 6.45) is 1.66. The highest BCUT2D eigenvalue weighted by Gasteiger charge is 2.17. The van der Waals surface area contributed by atoms with E-state index in [1.807, 2.05) is 0 Å². The average molecular weight is 226 g/mol. The van der Waals surface area contributed by atoms with Crippen LogP contribution in [-0.4, -0.2) is 39.0 Å². The number of Topliss-reactive ketones (excluding diaryl/α,β-unsaturated/α-hetero) is 1. The zero-order valence-corrected chi connectivity index (χ0v) is 8.88. The maximum absolute atomic E-state index is 11.3. The van der Waals surface area contributed by atoms with Crippen molar-refractivity contribution in [2.24, 2.45) is 18.5 Å². The zero-order valence-electron chi connectivity index (χ0n) is 8.88. The van der Waals surface area contributed by atoms with Crippen LogP contribution < -0.4 is 11.5 Å². The quantitative estimate of drug-likeness (QED) is 0.526. The third-order valence-electron chi connectivity index (χ3n) is 2.11. The summed E-state index contributed by atoms with van der Waals surface area (Å²) >= 11 is 0. The van der Waals surface area contributed by atoms with Gasteiger partial charge in [0.2, 0.25) is 5.78 Å². The Labute approximate surface area is 92.1 Å². The van der Waals surface area contributed by atoms with Crippen molar-refractivity contribution in [2.45, 2.75) is 12.5 Å². The molecule has 7 nitrogen and oxygen atoms in total. The van der Waals surface area contributed by atoms with Crippen LogP contribution in [-0.2, 0) is 18.3 Å². The molecule has 0 radical (unpaired) electrons. The van der Waals surface area contributed by atoms with Gasteiger partial charge in [-0.15, -0.1) is 0 Å². The van der Waals surface area contributed by atoms with E-state index < -0.39 is 12.0 Å². The van der Waals surface area contributed by atoms with Gasteiger partial charge < -0.3 is 21.1 Å². The zero-order chi connectivity index (χ0) is 12.3. The van der Waals surface area contributed by atoms with Crippen molar-refractivity contribution >= 4 is 11.8 Å². The first-order valence-electron chi connectivity index (χ1n) is 4.69. The molecule has 88 valence electrons. The summed E-state index contributed by atoms with van der Waals surface area (Å²) < 4.78 is 1.51. The fourth-order valence-electron chi connectivity index (χ4n) is 1.29. The molecule has 7 heteroatoms. The molecule has 5 N–H and O–H groups in total. The highest BCUT2D eigenvalue weighted by Crippen LogP contribution is 2.04. The number of aliphatic carboxylic acids is 1. The van der Waals surface area contributed by atoms with Crippen molar-refractivity contribution in [3.63, 3.8) is 0 Å². The third-order valence-corrected chi connectivity index (χ3v) is 2.11. The van der Waals surface area contributed by atoms with Crippen LogP contribution in [0.4, 0.5) is 0 Å². The van der Waals surface area contributed by atoms with Crippen LogP contribution in [0.5, 0.6) is 0 Å². The number of carboxylic acids is 1. The van der Waals surface area contributed by atoms with Crippen LogP contribution in [0, 0.1) is 0 Å². The van der Waals surface area contributed by atoms with E-state index in [0.717, 1.165) is 0 Å². The summed E-state index contributed by atoms with van der Waals surface area (Å²) in [5, 5.41) is 8.63. The predicted octanol–water partition coefficient (Wildman–Crippen LogP) is -1.48. The maximum Gasteiger partial charge on any atom is 0.320 e. The lowest BCUT2D eigenvalue weighted by molar-refractivity contribution is -0.138. The molecule has 1 rings (SSSR count). The van der Waals surface area contributed by atoms with Crippen molar-refractivity contribution < 1.29 is 14.7 Å². The maximum atomic E-state index is 11.3. The summed E-state index contributed by atoms with van der Waals surface area (Å²) in [5.74, 6) is -1.18. The Bertz CT molecular complexity index is 413. The number of nitrogens with two attached hydrogens (primary N) is 2. The molecule has 0 bridgehead atoms. The lowest BCUT2D eigenvalue weighted by Crippen LogP contribution is -2.32. The van der Waals surface area contributed by atoms with Gasteiger partial charge in [-0.3, -0.25) is 9.59 Å². The van der Waals surface area contributed by atoms with Gasteiger partial charge in [0, 0.05) is 19.7 Å². The normalized spacial score (nSPS) is 12.4. The van der Waals surface area contributed by atoms with Crippen molar-refractivity contribution in [3.8, 4) is 0 Å². The smallest absolute Gasteiger partial charge is 0.320 e. The van der Waals surface area contributed by atoms with E-state index in [0.29, 0.717) is 5.69 Å². The third kappa shape index (κ3) is 2.65. The van der Waals surface area contributed by atoms with E-state index in [-0.39, 0.29) is 24.6 Å². The second kappa shape index (κ2) is 4.86. The monoisotopic (exact) mass is 226 g/mol. The Morgan fingerprint density at radius 2 is 2.25 bits per heavy atom. The molecule has 0 aliphatic carbocycles. The largest absolute Gasteiger partial charge is 0.480 e. The van der Waals surface area contributed by atoms with Crippen molar-refractivity contribution in [1.82, 2.24) is 9.55 Å². The van der Waals surface area contributed by atoms with E-state index in [1.54, 1.807) is 13.2 Å². The van der Waals surface area contributed by atoms with Gasteiger partial charge in [-0.1, -0.05) is 0 Å². The van der Waals surface area contributed by atoms with Gasteiger partial charge in [0.15, 0.2) is 5.82 Å². The number of carbonyl (C=O) groups excluding carboxylic acids is 1. The van der Waals surface area contributed by atoms with Gasteiger partial charge in [-0.25, -0.2) is 4.98 Å². The molecule has 0 fully saturated rings. The summed E-state index contributed by atoms with van der Waals surface area (Å²) in [7, 11) is 1.64. The number of nitrogens with zero attached hydrogens (tertiary/aromatic N) is 2. The summed E-state index contributed by atoms with van der Waals surface area (Å²) in [5.41, 5.74) is 11.0. The molecule has 1 atom stereocenters. The first-order chi connectivity index (χ1) is 7.45. The minimum absolute atomic E-state index is 0.0843. The van der Waals surface area contributed by atoms with E-state index in [9.17, 15) is 9.59 Å². The highest BCUT2D eigenvalue weighted by molar-refractivity contribution is 5.94. The topological polar surface area (TPSA) is 124 Å². The lowest BCUT2D eigenvalue weighted by atomic mass is 10.2. The van der Waals surface area contributed by atoms with Crippen molar-refractivity contribution in [1.29, 1.82) is 0 Å². The first kappa shape index (κ1) is 12.3. The molecule has 0 amide bonds. The fourth-order valence-corrected chi connectivity index (χ4v) is 1.29. The summed E-state index contributed by atoms with van der Waals surface area (Å²) in [6, 6.07) is -1.02. The van der Waals surface area contributed by atoms with Crippen LogP contribution in [0.3, 0.4) is 0 Å². The Morgan fingerprint density at radius 3 is 2.75 bits per heavy atom. The van der Waals surface area contributed by atoms with Crippen LogP contribution in [0.25, 0.3) is 0 Å². The van der Waals surface area contributed by atoms with Gasteiger partial charge in [0.1, 0.15) is 6.04 Å². The molecule has 0 aromatic carbocycles. The number of hydrogen-bond donors (Lipinski definition) is 3. The molecule has 0 spiro atoms. The molecular weight excluding hydrogens is 212 g/mol. The van der Waals surface area contributed by atoms with Crippen molar-refractivity contribution in [2.75, 3.05) is 6.54 Å². The van der Waals surface area contributed by atoms with Crippen LogP contribution >= 0.6 is 0 Å². The lowest BCUT2D eigenvalue weighted by Gasteiger charge is -2.01. The predicted molar refractivity (Wildman–Crippen MR) is 55.9 cm³/mol. The molecule has 1 heterocycles. The Morgan fingerprint density at radius 1 is 1.62 bits per heavy atom. The van der Waals surface area contributed by atoms with Crippen LogP contribution in [0.1, 0.15) is 16.3 Å². The number of rotatable bonds is 5. The molecule has 0 saturated heterocycles. The van der Waals surface area contributed by atoms with Gasteiger partial charge in [-0.2, -0.15) is 0 Å². The minimum atomic E-state index is -1.10. The average Bonchev–Trinajstić information content (AvgIpc) is 2.58. The fraction of sp³-hybridized carbons (Fsp3) is 0.444. The minimum Gasteiger partial charge on any atom is -0.480 e. The molecule has 0 aliphatic rings. The van der Waals surface area contributed by atoms with Crippen LogP contribution in [0.2, 0.25) is 0 Å². The van der Waals surface area contributed by atoms with E-state index in [2.05, 4.69) is 4.98 Å². The molecule has 16 heavy (non-hydrogen) atoms. The Hall–Kier alpha value is -1.73. The van der Waals surface area contributed by atoms with E-state index >= 15 is 0 Å². The molecule has 0 saturated carbocycles. The number of aryl methyl sites for hydroxylation is 1. The summed E-state index contributed by atoms with van der Waals surface area (Å²) in [6.45, 7) is -0.130. The number of ketones is 1. The van der Waals surface area contributed by atoms with Crippen LogP contribution in [0.15, 0.2) is 6.20 Å². The van der Waals surface area contributed by atoms with Gasteiger partial charge in [-0.05, 0) is 0 Å². The number of imidazole rings is 1.